The van der Waals surface area contributed by atoms with Crippen LogP contribution in [0.1, 0.15) is 0 Å². The van der Waals surface area contributed by atoms with Crippen molar-refractivity contribution in [2.75, 3.05) is 0 Å². The first kappa shape index (κ1) is 6.61. The highest BCUT2D eigenvalue weighted by Gasteiger charge is 1.94. The standard InChI is InChI=1S/C7H9N3/c8-7(9)6-3-1-2-4-10-5-6/h1-5,10H,(H3,8,9). The predicted molar refractivity (Wildman–Crippen MR) is 41.4 cm³/mol. The second-order valence-corrected chi connectivity index (χ2v) is 1.90. The predicted octanol–water partition coefficient (Wildman–Crippen LogP) is 0.479. The monoisotopic (exact) mass is 135 g/mol. The summed E-state index contributed by atoms with van der Waals surface area (Å²) in [6.45, 7) is 0. The van der Waals surface area contributed by atoms with E-state index in [1.807, 2.05) is 12.2 Å². The average molecular weight is 135 g/mol. The molecule has 1 aliphatic heterocycles. The summed E-state index contributed by atoms with van der Waals surface area (Å²) in [5.74, 6) is 0.0763. The second-order valence-electron chi connectivity index (χ2n) is 1.90. The molecule has 0 aromatic rings. The van der Waals surface area contributed by atoms with Gasteiger partial charge < -0.3 is 11.1 Å². The molecule has 0 fully saturated rings. The van der Waals surface area contributed by atoms with Crippen molar-refractivity contribution in [3.63, 3.8) is 0 Å². The number of nitrogens with one attached hydrogen (secondary N) is 2. The van der Waals surface area contributed by atoms with Gasteiger partial charge in [0.1, 0.15) is 5.84 Å². The topological polar surface area (TPSA) is 61.9 Å². The van der Waals surface area contributed by atoms with Crippen LogP contribution in [0, 0.1) is 5.41 Å². The largest absolute Gasteiger partial charge is 0.384 e. The Morgan fingerprint density at radius 3 is 3.00 bits per heavy atom. The Balaban J connectivity index is 2.78. The van der Waals surface area contributed by atoms with E-state index in [1.165, 1.54) is 0 Å². The van der Waals surface area contributed by atoms with Gasteiger partial charge in [-0.1, -0.05) is 6.08 Å². The van der Waals surface area contributed by atoms with E-state index < -0.39 is 0 Å². The van der Waals surface area contributed by atoms with Crippen molar-refractivity contribution in [1.29, 1.82) is 5.41 Å². The molecule has 0 aliphatic carbocycles. The molecule has 0 saturated heterocycles. The van der Waals surface area contributed by atoms with Crippen molar-refractivity contribution >= 4 is 5.84 Å². The minimum Gasteiger partial charge on any atom is -0.384 e. The molecule has 0 bridgehead atoms. The normalized spacial score (nSPS) is 15.4. The molecule has 1 heterocycles. The van der Waals surface area contributed by atoms with Crippen molar-refractivity contribution in [2.24, 2.45) is 5.73 Å². The first-order valence-electron chi connectivity index (χ1n) is 2.94. The molecule has 0 spiro atoms. The number of allylic oxidation sites excluding steroid dienone is 2. The summed E-state index contributed by atoms with van der Waals surface area (Å²) in [6, 6.07) is 0. The number of hydrogen-bond acceptors (Lipinski definition) is 2. The Morgan fingerprint density at radius 1 is 1.50 bits per heavy atom. The second kappa shape index (κ2) is 2.87. The van der Waals surface area contributed by atoms with Crippen LogP contribution in [0.25, 0.3) is 0 Å². The minimum absolute atomic E-state index is 0.0763. The first-order valence-corrected chi connectivity index (χ1v) is 2.94. The summed E-state index contributed by atoms with van der Waals surface area (Å²) >= 11 is 0. The molecule has 1 rings (SSSR count). The van der Waals surface area contributed by atoms with Gasteiger partial charge in [-0.15, -0.1) is 0 Å². The molecule has 0 saturated carbocycles. The molecule has 0 radical (unpaired) electrons. The van der Waals surface area contributed by atoms with Crippen LogP contribution in [-0.4, -0.2) is 5.84 Å². The van der Waals surface area contributed by atoms with E-state index in [0.29, 0.717) is 5.57 Å². The molecule has 0 amide bonds. The zero-order chi connectivity index (χ0) is 7.40. The van der Waals surface area contributed by atoms with Crippen molar-refractivity contribution in [3.8, 4) is 0 Å². The van der Waals surface area contributed by atoms with Crippen LogP contribution in [-0.2, 0) is 0 Å². The number of nitrogens with two attached hydrogens (primary N) is 1. The van der Waals surface area contributed by atoms with Gasteiger partial charge in [0, 0.05) is 18.0 Å². The van der Waals surface area contributed by atoms with Crippen LogP contribution < -0.4 is 11.1 Å². The van der Waals surface area contributed by atoms with Gasteiger partial charge in [-0.3, -0.25) is 5.41 Å². The third-order valence-corrected chi connectivity index (χ3v) is 1.13. The van der Waals surface area contributed by atoms with Gasteiger partial charge in [-0.25, -0.2) is 0 Å². The summed E-state index contributed by atoms with van der Waals surface area (Å²) in [6.07, 6.45) is 8.90. The number of hydrogen-bond donors (Lipinski definition) is 3. The van der Waals surface area contributed by atoms with E-state index >= 15 is 0 Å². The van der Waals surface area contributed by atoms with Crippen LogP contribution in [0.5, 0.6) is 0 Å². The van der Waals surface area contributed by atoms with Gasteiger partial charge >= 0.3 is 0 Å². The zero-order valence-electron chi connectivity index (χ0n) is 5.46. The van der Waals surface area contributed by atoms with Crippen LogP contribution in [0.4, 0.5) is 0 Å². The molecule has 10 heavy (non-hydrogen) atoms. The van der Waals surface area contributed by atoms with E-state index in [4.69, 9.17) is 11.1 Å². The zero-order valence-corrected chi connectivity index (χ0v) is 5.46. The third-order valence-electron chi connectivity index (χ3n) is 1.13. The molecule has 4 N–H and O–H groups in total. The molecule has 0 aromatic heterocycles. The Bertz CT molecular complexity index is 223. The van der Waals surface area contributed by atoms with Crippen LogP contribution in [0.3, 0.4) is 0 Å². The highest BCUT2D eigenvalue weighted by atomic mass is 14.8. The summed E-state index contributed by atoms with van der Waals surface area (Å²) in [5.41, 5.74) is 5.93. The van der Waals surface area contributed by atoms with Crippen LogP contribution >= 0.6 is 0 Å². The molecular formula is C7H9N3. The lowest BCUT2D eigenvalue weighted by molar-refractivity contribution is 1.19. The lowest BCUT2D eigenvalue weighted by atomic mass is 10.2. The van der Waals surface area contributed by atoms with E-state index in [0.717, 1.165) is 0 Å². The summed E-state index contributed by atoms with van der Waals surface area (Å²) < 4.78 is 0. The van der Waals surface area contributed by atoms with Crippen molar-refractivity contribution in [3.05, 3.63) is 36.2 Å². The van der Waals surface area contributed by atoms with E-state index in [-0.39, 0.29) is 5.84 Å². The maximum absolute atomic E-state index is 7.08. The fourth-order valence-electron chi connectivity index (χ4n) is 0.624. The number of amidine groups is 1. The average Bonchev–Trinajstić information content (AvgIpc) is 2.12. The fraction of sp³-hybridized carbons (Fsp3) is 0. The quantitative estimate of drug-likeness (QED) is 0.361. The van der Waals surface area contributed by atoms with E-state index in [2.05, 4.69) is 5.32 Å². The maximum atomic E-state index is 7.08. The Morgan fingerprint density at radius 2 is 2.30 bits per heavy atom. The highest BCUT2D eigenvalue weighted by Crippen LogP contribution is 1.96. The molecule has 0 aromatic carbocycles. The molecule has 0 atom stereocenters. The lowest BCUT2D eigenvalue weighted by Crippen LogP contribution is -2.12. The van der Waals surface area contributed by atoms with Gasteiger partial charge in [0.05, 0.1) is 0 Å². The molecule has 3 heteroatoms. The van der Waals surface area contributed by atoms with Gasteiger partial charge in [0.15, 0.2) is 0 Å². The van der Waals surface area contributed by atoms with Crippen LogP contribution in [0.2, 0.25) is 0 Å². The van der Waals surface area contributed by atoms with Gasteiger partial charge in [0.2, 0.25) is 0 Å². The highest BCUT2D eigenvalue weighted by molar-refractivity contribution is 5.97. The Labute approximate surface area is 59.4 Å². The van der Waals surface area contributed by atoms with Crippen molar-refractivity contribution in [1.82, 2.24) is 5.32 Å². The molecular weight excluding hydrogens is 126 g/mol. The van der Waals surface area contributed by atoms with Gasteiger partial charge in [-0.05, 0) is 12.2 Å². The molecule has 1 aliphatic rings. The maximum Gasteiger partial charge on any atom is 0.124 e. The summed E-state index contributed by atoms with van der Waals surface area (Å²) in [7, 11) is 0. The van der Waals surface area contributed by atoms with Crippen molar-refractivity contribution < 1.29 is 0 Å². The first-order chi connectivity index (χ1) is 4.80. The van der Waals surface area contributed by atoms with Crippen molar-refractivity contribution in [2.45, 2.75) is 0 Å². The smallest absolute Gasteiger partial charge is 0.124 e. The summed E-state index contributed by atoms with van der Waals surface area (Å²) in [4.78, 5) is 0. The summed E-state index contributed by atoms with van der Waals surface area (Å²) in [5, 5.41) is 9.93. The third kappa shape index (κ3) is 1.48. The lowest BCUT2D eigenvalue weighted by Gasteiger charge is -1.95. The van der Waals surface area contributed by atoms with Gasteiger partial charge in [-0.2, -0.15) is 0 Å². The Kier molecular flexibility index (Phi) is 1.89. The number of rotatable bonds is 1. The molecule has 3 nitrogen and oxygen atoms in total. The van der Waals surface area contributed by atoms with Gasteiger partial charge in [0.25, 0.3) is 0 Å². The fourth-order valence-corrected chi connectivity index (χ4v) is 0.624. The minimum atomic E-state index is 0.0763. The Hall–Kier alpha value is -1.51. The van der Waals surface area contributed by atoms with Crippen LogP contribution in [0.15, 0.2) is 36.2 Å². The van der Waals surface area contributed by atoms with E-state index in [1.54, 1.807) is 18.5 Å². The molecule has 0 unspecified atom stereocenters. The SMILES string of the molecule is N=C(N)C1=CNC=CC=C1. The molecule has 52 valence electrons. The van der Waals surface area contributed by atoms with E-state index in [9.17, 15) is 0 Å².